The first kappa shape index (κ1) is 18.4. The number of hydrogen-bond acceptors (Lipinski definition) is 5. The number of hydrogen-bond donors (Lipinski definition) is 0. The molecule has 150 valence electrons. The molecule has 5 rings (SSSR count). The molecule has 0 unspecified atom stereocenters. The molecule has 4 heterocycles. The third-order valence-corrected chi connectivity index (χ3v) is 6.24. The van der Waals surface area contributed by atoms with E-state index in [1.807, 2.05) is 29.1 Å². The van der Waals surface area contributed by atoms with E-state index in [4.69, 9.17) is 25.8 Å². The van der Waals surface area contributed by atoms with Crippen LogP contribution >= 0.6 is 11.6 Å². The molecular weight excluding hydrogens is 378 g/mol. The molecule has 28 heavy (non-hydrogen) atoms. The topological polar surface area (TPSA) is 48.8 Å². The molecule has 2 aromatic rings. The Kier molecular flexibility index (Phi) is 4.62. The van der Waals surface area contributed by atoms with Crippen molar-refractivity contribution in [3.8, 4) is 5.75 Å². The van der Waals surface area contributed by atoms with E-state index >= 15 is 0 Å². The molecule has 3 aliphatic heterocycles. The van der Waals surface area contributed by atoms with E-state index in [1.54, 1.807) is 6.20 Å². The lowest BCUT2D eigenvalue weighted by atomic mass is 9.86. The minimum absolute atomic E-state index is 0.000364. The lowest BCUT2D eigenvalue weighted by Gasteiger charge is -2.20. The summed E-state index contributed by atoms with van der Waals surface area (Å²) in [5.74, 6) is 1.00. The lowest BCUT2D eigenvalue weighted by Crippen LogP contribution is -2.27. The Morgan fingerprint density at radius 1 is 1.18 bits per heavy atom. The number of rotatable bonds is 3. The number of nitrogens with zero attached hydrogens (tertiary/aromatic N) is 3. The van der Waals surface area contributed by atoms with Crippen LogP contribution in [0.1, 0.15) is 31.0 Å². The largest absolute Gasteiger partial charge is 0.492 e. The van der Waals surface area contributed by atoms with Crippen molar-refractivity contribution in [2.45, 2.75) is 44.1 Å². The third-order valence-electron chi connectivity index (χ3n) is 6.03. The number of ether oxygens (including phenoxy) is 3. The molecule has 1 aromatic heterocycles. The standard InChI is InChI=1S/C21H26ClN3O3/c1-21(2)13-28-20-14(6-15(22)7-17(20)21)8-24-9-18-19(10-24)27-12-16(11-26-18)25-5-3-4-23-25/h3-7,16,18-19H,8-13H2,1-2H3/t18-,19-/m0/s1. The normalized spacial score (nSPS) is 27.2. The lowest BCUT2D eigenvalue weighted by molar-refractivity contribution is -0.00461. The maximum Gasteiger partial charge on any atom is 0.127 e. The smallest absolute Gasteiger partial charge is 0.127 e. The SMILES string of the molecule is CC1(C)COc2c(CN3C[C@@H]4OCC(n5cccn5)CO[C@H]4C3)cc(Cl)cc21. The first-order valence-electron chi connectivity index (χ1n) is 9.90. The average molecular weight is 404 g/mol. The summed E-state index contributed by atoms with van der Waals surface area (Å²) in [5.41, 5.74) is 2.36. The molecule has 2 saturated heterocycles. The van der Waals surface area contributed by atoms with Crippen molar-refractivity contribution in [1.29, 1.82) is 0 Å². The van der Waals surface area contributed by atoms with Crippen molar-refractivity contribution >= 4 is 11.6 Å². The fourth-order valence-electron chi connectivity index (χ4n) is 4.45. The van der Waals surface area contributed by atoms with Crippen LogP contribution in [0.25, 0.3) is 0 Å². The molecule has 3 aliphatic rings. The van der Waals surface area contributed by atoms with Crippen LogP contribution in [-0.2, 0) is 21.4 Å². The van der Waals surface area contributed by atoms with Crippen LogP contribution in [-0.4, -0.2) is 59.8 Å². The van der Waals surface area contributed by atoms with Gasteiger partial charge in [0.25, 0.3) is 0 Å². The maximum atomic E-state index is 6.42. The summed E-state index contributed by atoms with van der Waals surface area (Å²) in [7, 11) is 0. The molecule has 0 spiro atoms. The molecule has 0 N–H and O–H groups in total. The number of halogens is 1. The van der Waals surface area contributed by atoms with Gasteiger partial charge in [0.1, 0.15) is 5.75 Å². The molecule has 7 heteroatoms. The van der Waals surface area contributed by atoms with Gasteiger partial charge in [-0.25, -0.2) is 0 Å². The van der Waals surface area contributed by atoms with Gasteiger partial charge >= 0.3 is 0 Å². The molecule has 0 bridgehead atoms. The van der Waals surface area contributed by atoms with Crippen molar-refractivity contribution < 1.29 is 14.2 Å². The molecule has 0 amide bonds. The quantitative estimate of drug-likeness (QED) is 0.788. The number of fused-ring (bicyclic) bond motifs is 2. The summed E-state index contributed by atoms with van der Waals surface area (Å²) >= 11 is 6.42. The highest BCUT2D eigenvalue weighted by Gasteiger charge is 2.39. The van der Waals surface area contributed by atoms with Crippen molar-refractivity contribution in [2.24, 2.45) is 0 Å². The maximum absolute atomic E-state index is 6.42. The Bertz CT molecular complexity index is 839. The van der Waals surface area contributed by atoms with E-state index < -0.39 is 0 Å². The molecule has 0 aliphatic carbocycles. The van der Waals surface area contributed by atoms with Crippen LogP contribution < -0.4 is 4.74 Å². The summed E-state index contributed by atoms with van der Waals surface area (Å²) in [6.45, 7) is 8.84. The Balaban J connectivity index is 1.28. The van der Waals surface area contributed by atoms with Crippen LogP contribution in [0.5, 0.6) is 5.75 Å². The zero-order chi connectivity index (χ0) is 19.3. The Labute approximate surface area is 170 Å². The second-order valence-electron chi connectivity index (χ2n) is 8.69. The summed E-state index contributed by atoms with van der Waals surface area (Å²) in [5, 5.41) is 5.09. The predicted octanol–water partition coefficient (Wildman–Crippen LogP) is 3.05. The predicted molar refractivity (Wildman–Crippen MR) is 106 cm³/mol. The first-order chi connectivity index (χ1) is 13.5. The van der Waals surface area contributed by atoms with Gasteiger partial charge in [-0.15, -0.1) is 0 Å². The summed E-state index contributed by atoms with van der Waals surface area (Å²) < 4.78 is 20.4. The molecular formula is C21H26ClN3O3. The number of aromatic nitrogens is 2. The molecule has 1 aromatic carbocycles. The van der Waals surface area contributed by atoms with Gasteiger partial charge in [-0.1, -0.05) is 25.4 Å². The van der Waals surface area contributed by atoms with Crippen molar-refractivity contribution in [3.05, 3.63) is 46.7 Å². The van der Waals surface area contributed by atoms with Gasteiger partial charge in [-0.05, 0) is 18.2 Å². The van der Waals surface area contributed by atoms with E-state index in [9.17, 15) is 0 Å². The second-order valence-corrected chi connectivity index (χ2v) is 9.13. The van der Waals surface area contributed by atoms with Crippen LogP contribution in [0, 0.1) is 0 Å². The summed E-state index contributed by atoms with van der Waals surface area (Å²) in [6, 6.07) is 6.15. The van der Waals surface area contributed by atoms with Gasteiger partial charge in [0.2, 0.25) is 0 Å². The van der Waals surface area contributed by atoms with Gasteiger partial charge in [0.15, 0.2) is 0 Å². The molecule has 2 fully saturated rings. The number of likely N-dealkylation sites (tertiary alicyclic amines) is 1. The van der Waals surface area contributed by atoms with E-state index in [0.29, 0.717) is 19.8 Å². The third kappa shape index (κ3) is 3.32. The van der Waals surface area contributed by atoms with Crippen LogP contribution in [0.3, 0.4) is 0 Å². The minimum Gasteiger partial charge on any atom is -0.492 e. The zero-order valence-electron chi connectivity index (χ0n) is 16.3. The Hall–Kier alpha value is -1.60. The Morgan fingerprint density at radius 3 is 2.61 bits per heavy atom. The highest BCUT2D eigenvalue weighted by atomic mass is 35.5. The van der Waals surface area contributed by atoms with Crippen LogP contribution in [0.2, 0.25) is 5.02 Å². The van der Waals surface area contributed by atoms with Crippen LogP contribution in [0.4, 0.5) is 0 Å². The zero-order valence-corrected chi connectivity index (χ0v) is 17.1. The van der Waals surface area contributed by atoms with E-state index in [1.165, 1.54) is 5.56 Å². The highest BCUT2D eigenvalue weighted by Crippen LogP contribution is 2.43. The summed E-state index contributed by atoms with van der Waals surface area (Å²) in [6.07, 6.45) is 3.93. The van der Waals surface area contributed by atoms with E-state index in [2.05, 4.69) is 23.8 Å². The van der Waals surface area contributed by atoms with Crippen molar-refractivity contribution in [1.82, 2.24) is 14.7 Å². The van der Waals surface area contributed by atoms with Gasteiger partial charge in [0.05, 0.1) is 38.1 Å². The van der Waals surface area contributed by atoms with Gasteiger partial charge in [-0.3, -0.25) is 9.58 Å². The van der Waals surface area contributed by atoms with Gasteiger partial charge in [-0.2, -0.15) is 5.10 Å². The molecule has 2 atom stereocenters. The monoisotopic (exact) mass is 403 g/mol. The highest BCUT2D eigenvalue weighted by molar-refractivity contribution is 6.30. The van der Waals surface area contributed by atoms with E-state index in [0.717, 1.165) is 36.0 Å². The summed E-state index contributed by atoms with van der Waals surface area (Å²) in [4.78, 5) is 2.38. The first-order valence-corrected chi connectivity index (χ1v) is 10.3. The van der Waals surface area contributed by atoms with Gasteiger partial charge in [0, 0.05) is 53.6 Å². The second kappa shape index (κ2) is 7.02. The molecule has 6 nitrogen and oxygen atoms in total. The van der Waals surface area contributed by atoms with Crippen molar-refractivity contribution in [3.63, 3.8) is 0 Å². The Morgan fingerprint density at radius 2 is 1.93 bits per heavy atom. The fourth-order valence-corrected chi connectivity index (χ4v) is 4.69. The van der Waals surface area contributed by atoms with Crippen LogP contribution in [0.15, 0.2) is 30.6 Å². The van der Waals surface area contributed by atoms with E-state index in [-0.39, 0.29) is 23.7 Å². The van der Waals surface area contributed by atoms with Gasteiger partial charge < -0.3 is 14.2 Å². The molecule has 0 radical (unpaired) electrons. The van der Waals surface area contributed by atoms with Crippen molar-refractivity contribution in [2.75, 3.05) is 32.9 Å². The number of benzene rings is 1. The minimum atomic E-state index is -0.000364. The average Bonchev–Trinajstić information content (AvgIpc) is 3.34. The molecule has 0 saturated carbocycles. The fraction of sp³-hybridized carbons (Fsp3) is 0.571.